The van der Waals surface area contributed by atoms with Crippen LogP contribution in [0, 0.1) is 5.41 Å². The zero-order valence-electron chi connectivity index (χ0n) is 26.0. The molecule has 2 rings (SSSR count). The minimum absolute atomic E-state index is 0.00224. The molecule has 0 heterocycles. The third-order valence-corrected chi connectivity index (χ3v) is 6.92. The van der Waals surface area contributed by atoms with Gasteiger partial charge < -0.3 is 18.9 Å². The first kappa shape index (κ1) is 33.1. The highest BCUT2D eigenvalue weighted by molar-refractivity contribution is 5.98. The molecule has 0 spiro atoms. The summed E-state index contributed by atoms with van der Waals surface area (Å²) in [5.74, 6) is 0.847. The van der Waals surface area contributed by atoms with Gasteiger partial charge in [0, 0.05) is 16.9 Å². The van der Waals surface area contributed by atoms with E-state index in [-0.39, 0.29) is 29.5 Å². The summed E-state index contributed by atoms with van der Waals surface area (Å²) < 4.78 is 23.0. The standard InChI is InChI=1S/C34H48O6/c1-11-33(7,8)30(35)20-21-31(36)39-24(2)22-37-28-16-12-26(13-17-28)34(9,10)27-14-18-29(19-15-27)38-23-25(3)40-32(4,5)6/h12-21,24-25H,11,22-23H2,1-10H3/b21-20+. The van der Waals surface area contributed by atoms with Gasteiger partial charge in [-0.3, -0.25) is 4.79 Å². The second-order valence-electron chi connectivity index (χ2n) is 12.5. The van der Waals surface area contributed by atoms with Gasteiger partial charge in [0.25, 0.3) is 0 Å². The quantitative estimate of drug-likeness (QED) is 0.179. The van der Waals surface area contributed by atoms with Crippen molar-refractivity contribution < 1.29 is 28.5 Å². The second kappa shape index (κ2) is 14.0. The van der Waals surface area contributed by atoms with Gasteiger partial charge in [0.2, 0.25) is 0 Å². The number of hydrogen-bond donors (Lipinski definition) is 0. The van der Waals surface area contributed by atoms with Crippen LogP contribution < -0.4 is 9.47 Å². The van der Waals surface area contributed by atoms with Gasteiger partial charge in [0.1, 0.15) is 30.8 Å². The Morgan fingerprint density at radius 3 is 1.60 bits per heavy atom. The second-order valence-corrected chi connectivity index (χ2v) is 12.5. The summed E-state index contributed by atoms with van der Waals surface area (Å²) in [7, 11) is 0. The van der Waals surface area contributed by atoms with Crippen molar-refractivity contribution in [1.29, 1.82) is 0 Å². The molecule has 0 aliphatic carbocycles. The Morgan fingerprint density at radius 2 is 1.18 bits per heavy atom. The molecule has 2 atom stereocenters. The maximum absolute atomic E-state index is 12.2. The van der Waals surface area contributed by atoms with Crippen molar-refractivity contribution in [3.05, 3.63) is 71.8 Å². The van der Waals surface area contributed by atoms with E-state index < -0.39 is 17.5 Å². The Kier molecular flexibility index (Phi) is 11.6. The SMILES string of the molecule is CCC(C)(C)C(=O)/C=C/C(=O)OC(C)COc1ccc(C(C)(C)c2ccc(OCC(C)OC(C)(C)C)cc2)cc1. The fourth-order valence-electron chi connectivity index (χ4n) is 3.98. The molecule has 220 valence electrons. The molecular weight excluding hydrogens is 504 g/mol. The van der Waals surface area contributed by atoms with Gasteiger partial charge in [-0.1, -0.05) is 58.9 Å². The maximum Gasteiger partial charge on any atom is 0.331 e. The third-order valence-electron chi connectivity index (χ3n) is 6.92. The molecule has 0 aromatic heterocycles. The number of carbonyl (C=O) groups excluding carboxylic acids is 2. The Morgan fingerprint density at radius 1 is 0.725 bits per heavy atom. The van der Waals surface area contributed by atoms with Crippen molar-refractivity contribution in [2.24, 2.45) is 5.41 Å². The van der Waals surface area contributed by atoms with Crippen LogP contribution in [0.15, 0.2) is 60.7 Å². The number of ketones is 1. The normalized spacial score (nSPS) is 14.1. The van der Waals surface area contributed by atoms with Crippen molar-refractivity contribution >= 4 is 11.8 Å². The van der Waals surface area contributed by atoms with E-state index in [0.29, 0.717) is 18.8 Å². The number of rotatable bonds is 14. The van der Waals surface area contributed by atoms with Gasteiger partial charge in [-0.05, 0) is 82.5 Å². The topological polar surface area (TPSA) is 71.1 Å². The van der Waals surface area contributed by atoms with E-state index in [1.165, 1.54) is 17.7 Å². The lowest BCUT2D eigenvalue weighted by Crippen LogP contribution is -2.29. The van der Waals surface area contributed by atoms with Crippen LogP contribution in [-0.4, -0.2) is 42.8 Å². The molecule has 0 radical (unpaired) electrons. The van der Waals surface area contributed by atoms with Gasteiger partial charge in [0.05, 0.1) is 11.7 Å². The molecule has 2 aromatic carbocycles. The van der Waals surface area contributed by atoms with E-state index >= 15 is 0 Å². The number of carbonyl (C=O) groups is 2. The van der Waals surface area contributed by atoms with E-state index in [1.807, 2.05) is 84.9 Å². The summed E-state index contributed by atoms with van der Waals surface area (Å²) >= 11 is 0. The van der Waals surface area contributed by atoms with Crippen molar-refractivity contribution in [2.75, 3.05) is 13.2 Å². The molecule has 6 heteroatoms. The molecule has 6 nitrogen and oxygen atoms in total. The average molecular weight is 553 g/mol. The zero-order valence-corrected chi connectivity index (χ0v) is 26.0. The predicted octanol–water partition coefficient (Wildman–Crippen LogP) is 7.47. The van der Waals surface area contributed by atoms with Crippen LogP contribution in [0.5, 0.6) is 11.5 Å². The summed E-state index contributed by atoms with van der Waals surface area (Å²) in [4.78, 5) is 24.2. The molecule has 0 saturated carbocycles. The van der Waals surface area contributed by atoms with E-state index in [0.717, 1.165) is 11.3 Å². The lowest BCUT2D eigenvalue weighted by molar-refractivity contribution is -0.143. The Labute approximate surface area is 241 Å². The minimum Gasteiger partial charge on any atom is -0.491 e. The monoisotopic (exact) mass is 552 g/mol. The molecule has 2 unspecified atom stereocenters. The molecule has 0 aliphatic heterocycles. The Bertz CT molecular complexity index is 1120. The van der Waals surface area contributed by atoms with E-state index in [9.17, 15) is 9.59 Å². The van der Waals surface area contributed by atoms with Crippen LogP contribution in [0.2, 0.25) is 0 Å². The minimum atomic E-state index is -0.558. The smallest absolute Gasteiger partial charge is 0.331 e. The van der Waals surface area contributed by atoms with Crippen molar-refractivity contribution in [2.45, 2.75) is 98.9 Å². The number of esters is 1. The first-order chi connectivity index (χ1) is 18.5. The van der Waals surface area contributed by atoms with Crippen LogP contribution in [0.1, 0.15) is 86.8 Å². The number of ether oxygens (including phenoxy) is 4. The molecule has 0 saturated heterocycles. The number of hydrogen-bond acceptors (Lipinski definition) is 6. The molecule has 0 aliphatic rings. The van der Waals surface area contributed by atoms with Crippen LogP contribution in [0.4, 0.5) is 0 Å². The van der Waals surface area contributed by atoms with Gasteiger partial charge in [0.15, 0.2) is 5.78 Å². The Balaban J connectivity index is 1.89. The average Bonchev–Trinajstić information content (AvgIpc) is 2.88. The Hall–Kier alpha value is -3.12. The highest BCUT2D eigenvalue weighted by Crippen LogP contribution is 2.33. The molecule has 0 N–H and O–H groups in total. The summed E-state index contributed by atoms with van der Waals surface area (Å²) in [6.45, 7) is 20.6. The van der Waals surface area contributed by atoms with Crippen molar-refractivity contribution in [1.82, 2.24) is 0 Å². The number of allylic oxidation sites excluding steroid dienone is 1. The van der Waals surface area contributed by atoms with Gasteiger partial charge in [-0.2, -0.15) is 0 Å². The molecular formula is C34H48O6. The first-order valence-corrected chi connectivity index (χ1v) is 14.1. The van der Waals surface area contributed by atoms with Crippen molar-refractivity contribution in [3.63, 3.8) is 0 Å². The summed E-state index contributed by atoms with van der Waals surface area (Å²) in [6.07, 6.45) is 2.71. The molecule has 40 heavy (non-hydrogen) atoms. The highest BCUT2D eigenvalue weighted by atomic mass is 16.6. The van der Waals surface area contributed by atoms with Gasteiger partial charge >= 0.3 is 5.97 Å². The fourth-order valence-corrected chi connectivity index (χ4v) is 3.98. The first-order valence-electron chi connectivity index (χ1n) is 14.1. The van der Waals surface area contributed by atoms with Gasteiger partial charge in [-0.15, -0.1) is 0 Å². The molecule has 0 amide bonds. The summed E-state index contributed by atoms with van der Waals surface area (Å²) in [6, 6.07) is 16.1. The summed E-state index contributed by atoms with van der Waals surface area (Å²) in [5.41, 5.74) is 1.39. The lowest BCUT2D eigenvalue weighted by atomic mass is 9.78. The lowest BCUT2D eigenvalue weighted by Gasteiger charge is -2.27. The van der Waals surface area contributed by atoms with Crippen LogP contribution >= 0.6 is 0 Å². The molecule has 0 bridgehead atoms. The van der Waals surface area contributed by atoms with Gasteiger partial charge in [-0.25, -0.2) is 4.79 Å². The van der Waals surface area contributed by atoms with Crippen LogP contribution in [0.3, 0.4) is 0 Å². The van der Waals surface area contributed by atoms with E-state index in [4.69, 9.17) is 18.9 Å². The van der Waals surface area contributed by atoms with E-state index in [2.05, 4.69) is 26.0 Å². The predicted molar refractivity (Wildman–Crippen MR) is 160 cm³/mol. The third kappa shape index (κ3) is 10.5. The molecule has 0 fully saturated rings. The largest absolute Gasteiger partial charge is 0.491 e. The zero-order chi connectivity index (χ0) is 30.1. The number of benzene rings is 2. The molecule has 2 aromatic rings. The fraction of sp³-hybridized carbons (Fsp3) is 0.529. The van der Waals surface area contributed by atoms with Crippen molar-refractivity contribution in [3.8, 4) is 11.5 Å². The summed E-state index contributed by atoms with van der Waals surface area (Å²) in [5, 5.41) is 0. The van der Waals surface area contributed by atoms with Crippen LogP contribution in [-0.2, 0) is 24.5 Å². The highest BCUT2D eigenvalue weighted by Gasteiger charge is 2.24. The van der Waals surface area contributed by atoms with Crippen LogP contribution in [0.25, 0.3) is 0 Å². The van der Waals surface area contributed by atoms with E-state index in [1.54, 1.807) is 6.92 Å². The maximum atomic E-state index is 12.2.